The third-order valence-electron chi connectivity index (χ3n) is 3.43. The highest BCUT2D eigenvalue weighted by Crippen LogP contribution is 2.06. The molecule has 0 atom stereocenters. The number of nitrogens with zero attached hydrogens (tertiary/aromatic N) is 3. The average molecular weight is 325 g/mol. The van der Waals surface area contributed by atoms with Gasteiger partial charge in [0, 0.05) is 37.2 Å². The lowest BCUT2D eigenvalue weighted by atomic mass is 10.2. The molecule has 24 heavy (non-hydrogen) atoms. The molecule has 7 heteroatoms. The van der Waals surface area contributed by atoms with E-state index in [-0.39, 0.29) is 18.4 Å². The molecule has 0 spiro atoms. The average Bonchev–Trinajstić information content (AvgIpc) is 3.14. The fraction of sp³-hybridized carbons (Fsp3) is 0.118. The molecule has 0 saturated heterocycles. The summed E-state index contributed by atoms with van der Waals surface area (Å²) in [6.45, 7) is 0.469. The number of nitrogens with one attached hydrogen (secondary N) is 2. The highest BCUT2D eigenvalue weighted by Gasteiger charge is 2.04. The normalized spacial score (nSPS) is 10.4. The Bertz CT molecular complexity index is 802. The zero-order valence-electron chi connectivity index (χ0n) is 12.8. The Hall–Kier alpha value is -3.22. The van der Waals surface area contributed by atoms with Gasteiger partial charge in [0.05, 0.1) is 0 Å². The second-order valence-corrected chi connectivity index (χ2v) is 5.12. The Kier molecular flexibility index (Phi) is 4.81. The molecule has 0 bridgehead atoms. The molecule has 0 fully saturated rings. The summed E-state index contributed by atoms with van der Waals surface area (Å²) in [7, 11) is 0. The van der Waals surface area contributed by atoms with Gasteiger partial charge in [-0.25, -0.2) is 19.2 Å². The SMILES string of the molecule is O=C(NCc1ccc(-n2ccnc2)nc1)NCc1ccccc1F. The first kappa shape index (κ1) is 15.7. The second kappa shape index (κ2) is 7.36. The van der Waals surface area contributed by atoms with Crippen LogP contribution in [0.5, 0.6) is 0 Å². The van der Waals surface area contributed by atoms with Crippen molar-refractivity contribution in [2.75, 3.05) is 0 Å². The van der Waals surface area contributed by atoms with E-state index >= 15 is 0 Å². The van der Waals surface area contributed by atoms with E-state index in [1.165, 1.54) is 6.07 Å². The molecule has 2 amide bonds. The molecule has 0 unspecified atom stereocenters. The predicted octanol–water partition coefficient (Wildman–Crippen LogP) is 2.41. The Morgan fingerprint density at radius 3 is 2.67 bits per heavy atom. The van der Waals surface area contributed by atoms with Gasteiger partial charge in [0.2, 0.25) is 0 Å². The number of carbonyl (C=O) groups is 1. The molecule has 3 rings (SSSR count). The molecule has 0 aliphatic heterocycles. The van der Waals surface area contributed by atoms with Crippen molar-refractivity contribution in [3.05, 3.63) is 78.3 Å². The van der Waals surface area contributed by atoms with E-state index < -0.39 is 0 Å². The molecule has 0 radical (unpaired) electrons. The van der Waals surface area contributed by atoms with Gasteiger partial charge in [0.1, 0.15) is 18.0 Å². The molecule has 0 saturated carbocycles. The van der Waals surface area contributed by atoms with Gasteiger partial charge in [-0.2, -0.15) is 0 Å². The fourth-order valence-corrected chi connectivity index (χ4v) is 2.13. The Labute approximate surface area is 138 Å². The van der Waals surface area contributed by atoms with E-state index in [2.05, 4.69) is 20.6 Å². The number of imidazole rings is 1. The summed E-state index contributed by atoms with van der Waals surface area (Å²) in [5, 5.41) is 5.33. The van der Waals surface area contributed by atoms with Gasteiger partial charge < -0.3 is 10.6 Å². The van der Waals surface area contributed by atoms with Crippen LogP contribution in [0.4, 0.5) is 9.18 Å². The number of carbonyl (C=O) groups excluding carboxylic acids is 1. The molecule has 3 aromatic rings. The van der Waals surface area contributed by atoms with Crippen LogP contribution in [0.15, 0.2) is 61.3 Å². The number of amides is 2. The van der Waals surface area contributed by atoms with Crippen LogP contribution in [0, 0.1) is 5.82 Å². The van der Waals surface area contributed by atoms with Crippen LogP contribution in [0.3, 0.4) is 0 Å². The summed E-state index contributed by atoms with van der Waals surface area (Å²) in [6, 6.07) is 9.69. The molecular formula is C17H16FN5O. The van der Waals surface area contributed by atoms with Crippen molar-refractivity contribution in [3.63, 3.8) is 0 Å². The van der Waals surface area contributed by atoms with Crippen LogP contribution in [-0.4, -0.2) is 20.6 Å². The molecule has 6 nitrogen and oxygen atoms in total. The van der Waals surface area contributed by atoms with Crippen LogP contribution in [0.1, 0.15) is 11.1 Å². The standard InChI is InChI=1S/C17H16FN5O/c18-15-4-2-1-3-14(15)11-22-17(24)21-10-13-5-6-16(20-9-13)23-8-7-19-12-23/h1-9,12H,10-11H2,(H2,21,22,24). The first-order valence-corrected chi connectivity index (χ1v) is 7.41. The minimum Gasteiger partial charge on any atom is -0.334 e. The van der Waals surface area contributed by atoms with E-state index in [1.54, 1.807) is 47.7 Å². The van der Waals surface area contributed by atoms with E-state index in [1.807, 2.05) is 12.1 Å². The summed E-state index contributed by atoms with van der Waals surface area (Å²) in [5.41, 5.74) is 1.30. The Balaban J connectivity index is 1.48. The number of hydrogen-bond donors (Lipinski definition) is 2. The molecule has 0 aliphatic carbocycles. The monoisotopic (exact) mass is 325 g/mol. The number of halogens is 1. The lowest BCUT2D eigenvalue weighted by molar-refractivity contribution is 0.240. The fourth-order valence-electron chi connectivity index (χ4n) is 2.13. The highest BCUT2D eigenvalue weighted by molar-refractivity contribution is 5.73. The van der Waals surface area contributed by atoms with Gasteiger partial charge >= 0.3 is 6.03 Å². The largest absolute Gasteiger partial charge is 0.334 e. The van der Waals surface area contributed by atoms with Crippen molar-refractivity contribution in [2.45, 2.75) is 13.1 Å². The summed E-state index contributed by atoms with van der Waals surface area (Å²) in [6.07, 6.45) is 6.83. The summed E-state index contributed by atoms with van der Waals surface area (Å²) < 4.78 is 15.2. The maximum Gasteiger partial charge on any atom is 0.315 e. The van der Waals surface area contributed by atoms with Crippen LogP contribution in [-0.2, 0) is 13.1 Å². The van der Waals surface area contributed by atoms with E-state index in [4.69, 9.17) is 0 Å². The van der Waals surface area contributed by atoms with E-state index in [0.717, 1.165) is 11.4 Å². The number of pyridine rings is 1. The lowest BCUT2D eigenvalue weighted by Gasteiger charge is -2.09. The predicted molar refractivity (Wildman–Crippen MR) is 86.8 cm³/mol. The van der Waals surface area contributed by atoms with E-state index in [0.29, 0.717) is 12.1 Å². The molecule has 1 aromatic carbocycles. The zero-order chi connectivity index (χ0) is 16.8. The first-order chi connectivity index (χ1) is 11.7. The van der Waals surface area contributed by atoms with Crippen molar-refractivity contribution in [1.29, 1.82) is 0 Å². The van der Waals surface area contributed by atoms with Gasteiger partial charge in [-0.3, -0.25) is 4.57 Å². The maximum atomic E-state index is 13.5. The summed E-state index contributed by atoms with van der Waals surface area (Å²) in [4.78, 5) is 20.0. The van der Waals surface area contributed by atoms with Crippen molar-refractivity contribution in [3.8, 4) is 5.82 Å². The molecule has 2 aromatic heterocycles. The van der Waals surface area contributed by atoms with Crippen molar-refractivity contribution in [2.24, 2.45) is 0 Å². The van der Waals surface area contributed by atoms with Crippen molar-refractivity contribution < 1.29 is 9.18 Å². The lowest BCUT2D eigenvalue weighted by Crippen LogP contribution is -2.34. The summed E-state index contributed by atoms with van der Waals surface area (Å²) in [5.74, 6) is 0.414. The summed E-state index contributed by atoms with van der Waals surface area (Å²) >= 11 is 0. The number of urea groups is 1. The Morgan fingerprint density at radius 1 is 1.12 bits per heavy atom. The van der Waals surface area contributed by atoms with Crippen LogP contribution < -0.4 is 10.6 Å². The molecule has 2 N–H and O–H groups in total. The topological polar surface area (TPSA) is 71.8 Å². The van der Waals surface area contributed by atoms with Crippen LogP contribution >= 0.6 is 0 Å². The molecule has 122 valence electrons. The van der Waals surface area contributed by atoms with Gasteiger partial charge in [0.25, 0.3) is 0 Å². The molecule has 2 heterocycles. The van der Waals surface area contributed by atoms with Gasteiger partial charge in [-0.05, 0) is 17.7 Å². The highest BCUT2D eigenvalue weighted by atomic mass is 19.1. The maximum absolute atomic E-state index is 13.5. The smallest absolute Gasteiger partial charge is 0.315 e. The van der Waals surface area contributed by atoms with Gasteiger partial charge in [0.15, 0.2) is 0 Å². The third-order valence-corrected chi connectivity index (χ3v) is 3.43. The number of hydrogen-bond acceptors (Lipinski definition) is 3. The second-order valence-electron chi connectivity index (χ2n) is 5.12. The number of aromatic nitrogens is 3. The minimum atomic E-state index is -0.364. The third kappa shape index (κ3) is 3.95. The minimum absolute atomic E-state index is 0.135. The van der Waals surface area contributed by atoms with Crippen molar-refractivity contribution in [1.82, 2.24) is 25.2 Å². The van der Waals surface area contributed by atoms with E-state index in [9.17, 15) is 9.18 Å². The van der Waals surface area contributed by atoms with Crippen molar-refractivity contribution >= 4 is 6.03 Å². The zero-order valence-corrected chi connectivity index (χ0v) is 12.8. The number of benzene rings is 1. The Morgan fingerprint density at radius 2 is 1.96 bits per heavy atom. The molecule has 0 aliphatic rings. The van der Waals surface area contributed by atoms with Crippen LogP contribution in [0.2, 0.25) is 0 Å². The van der Waals surface area contributed by atoms with Crippen LogP contribution in [0.25, 0.3) is 5.82 Å². The first-order valence-electron chi connectivity index (χ1n) is 7.41. The van der Waals surface area contributed by atoms with Gasteiger partial charge in [-0.1, -0.05) is 24.3 Å². The van der Waals surface area contributed by atoms with Gasteiger partial charge in [-0.15, -0.1) is 0 Å². The molecular weight excluding hydrogens is 309 g/mol. The number of rotatable bonds is 5. The quantitative estimate of drug-likeness (QED) is 0.757.